The maximum Gasteiger partial charge on any atom is 0.243 e. The Balaban J connectivity index is 1.47. The van der Waals surface area contributed by atoms with Crippen LogP contribution in [0.25, 0.3) is 10.1 Å². The fourth-order valence-corrected chi connectivity index (χ4v) is 4.64. The SMILES string of the molecule is C[C@H](NC(=O)[C@@H]1CCCN1C(=O)C1CC1)c1csc2ccccc12. The molecular weight excluding hydrogens is 320 g/mol. The van der Waals surface area contributed by atoms with E-state index in [1.807, 2.05) is 24.0 Å². The zero-order valence-electron chi connectivity index (χ0n) is 13.8. The first-order chi connectivity index (χ1) is 11.6. The first-order valence-electron chi connectivity index (χ1n) is 8.72. The number of nitrogens with zero attached hydrogens (tertiary/aromatic N) is 1. The number of hydrogen-bond acceptors (Lipinski definition) is 3. The molecule has 1 aliphatic carbocycles. The van der Waals surface area contributed by atoms with Crippen LogP contribution in [-0.4, -0.2) is 29.3 Å². The quantitative estimate of drug-likeness (QED) is 0.925. The van der Waals surface area contributed by atoms with Crippen molar-refractivity contribution in [3.8, 4) is 0 Å². The maximum absolute atomic E-state index is 12.7. The minimum Gasteiger partial charge on any atom is -0.348 e. The van der Waals surface area contributed by atoms with E-state index in [-0.39, 0.29) is 29.8 Å². The van der Waals surface area contributed by atoms with Crippen LogP contribution in [0.4, 0.5) is 0 Å². The van der Waals surface area contributed by atoms with Crippen molar-refractivity contribution in [2.45, 2.75) is 44.7 Å². The van der Waals surface area contributed by atoms with Gasteiger partial charge in [-0.25, -0.2) is 0 Å². The van der Waals surface area contributed by atoms with Gasteiger partial charge in [0, 0.05) is 17.2 Å². The Morgan fingerprint density at radius 2 is 2.04 bits per heavy atom. The summed E-state index contributed by atoms with van der Waals surface area (Å²) >= 11 is 1.70. The van der Waals surface area contributed by atoms with Gasteiger partial charge in [-0.1, -0.05) is 18.2 Å². The van der Waals surface area contributed by atoms with E-state index < -0.39 is 0 Å². The standard InChI is InChI=1S/C19H22N2O2S/c1-12(15-11-24-17-7-3-2-5-14(15)17)20-18(22)16-6-4-10-21(16)19(23)13-8-9-13/h2-3,5,7,11-13,16H,4,6,8-10H2,1H3,(H,20,22)/t12-,16-/m0/s1. The molecule has 126 valence electrons. The van der Waals surface area contributed by atoms with Gasteiger partial charge in [-0.3, -0.25) is 9.59 Å². The molecule has 1 aromatic heterocycles. The Hall–Kier alpha value is -1.88. The van der Waals surface area contributed by atoms with E-state index in [9.17, 15) is 9.59 Å². The number of nitrogens with one attached hydrogen (secondary N) is 1. The van der Waals surface area contributed by atoms with Crippen LogP contribution in [0.5, 0.6) is 0 Å². The van der Waals surface area contributed by atoms with Gasteiger partial charge >= 0.3 is 0 Å². The van der Waals surface area contributed by atoms with E-state index in [4.69, 9.17) is 0 Å². The zero-order valence-corrected chi connectivity index (χ0v) is 14.6. The predicted octanol–water partition coefficient (Wildman–Crippen LogP) is 3.48. The Morgan fingerprint density at radius 3 is 2.83 bits per heavy atom. The molecule has 1 saturated heterocycles. The molecule has 1 aliphatic heterocycles. The summed E-state index contributed by atoms with van der Waals surface area (Å²) < 4.78 is 1.24. The van der Waals surface area contributed by atoms with Crippen LogP contribution in [0.3, 0.4) is 0 Å². The second-order valence-corrected chi connectivity index (χ2v) is 7.79. The molecule has 2 heterocycles. The van der Waals surface area contributed by atoms with Crippen LogP contribution in [-0.2, 0) is 9.59 Å². The lowest BCUT2D eigenvalue weighted by atomic mass is 10.1. The molecule has 1 aromatic carbocycles. The summed E-state index contributed by atoms with van der Waals surface area (Å²) in [6, 6.07) is 7.93. The summed E-state index contributed by atoms with van der Waals surface area (Å²) in [7, 11) is 0. The van der Waals surface area contributed by atoms with Gasteiger partial charge in [-0.05, 0) is 55.0 Å². The highest BCUT2D eigenvalue weighted by atomic mass is 32.1. The fourth-order valence-electron chi connectivity index (χ4n) is 3.59. The molecule has 0 radical (unpaired) electrons. The number of thiophene rings is 1. The summed E-state index contributed by atoms with van der Waals surface area (Å²) in [6.07, 6.45) is 3.68. The molecule has 2 amide bonds. The molecule has 0 unspecified atom stereocenters. The molecule has 2 atom stereocenters. The summed E-state index contributed by atoms with van der Waals surface area (Å²) in [6.45, 7) is 2.75. The van der Waals surface area contributed by atoms with Gasteiger partial charge in [0.05, 0.1) is 6.04 Å². The molecule has 2 fully saturated rings. The van der Waals surface area contributed by atoms with Gasteiger partial charge in [-0.2, -0.15) is 0 Å². The molecule has 2 aromatic rings. The van der Waals surface area contributed by atoms with Gasteiger partial charge < -0.3 is 10.2 Å². The van der Waals surface area contributed by atoms with Crippen LogP contribution in [0, 0.1) is 5.92 Å². The monoisotopic (exact) mass is 342 g/mol. The number of likely N-dealkylation sites (tertiary alicyclic amines) is 1. The van der Waals surface area contributed by atoms with Crippen LogP contribution in [0.2, 0.25) is 0 Å². The van der Waals surface area contributed by atoms with E-state index in [2.05, 4.69) is 22.8 Å². The largest absolute Gasteiger partial charge is 0.348 e. The first kappa shape index (κ1) is 15.6. The Labute approximate surface area is 145 Å². The Kier molecular flexibility index (Phi) is 4.04. The van der Waals surface area contributed by atoms with Gasteiger partial charge in [0.25, 0.3) is 0 Å². The van der Waals surface area contributed by atoms with Crippen LogP contribution in [0.15, 0.2) is 29.6 Å². The van der Waals surface area contributed by atoms with Crippen molar-refractivity contribution < 1.29 is 9.59 Å². The molecule has 4 rings (SSSR count). The lowest BCUT2D eigenvalue weighted by Gasteiger charge is -2.25. The topological polar surface area (TPSA) is 49.4 Å². The molecule has 2 aliphatic rings. The van der Waals surface area contributed by atoms with Crippen molar-refractivity contribution in [1.82, 2.24) is 10.2 Å². The molecule has 0 bridgehead atoms. The number of benzene rings is 1. The van der Waals surface area contributed by atoms with E-state index in [1.165, 1.54) is 10.1 Å². The summed E-state index contributed by atoms with van der Waals surface area (Å²) in [4.78, 5) is 26.9. The van der Waals surface area contributed by atoms with E-state index in [1.54, 1.807) is 11.3 Å². The van der Waals surface area contributed by atoms with Crippen molar-refractivity contribution in [2.24, 2.45) is 5.92 Å². The normalized spacial score (nSPS) is 21.9. The maximum atomic E-state index is 12.7. The highest BCUT2D eigenvalue weighted by molar-refractivity contribution is 7.17. The predicted molar refractivity (Wildman–Crippen MR) is 95.8 cm³/mol. The third-order valence-corrected chi connectivity index (χ3v) is 6.08. The van der Waals surface area contributed by atoms with Crippen molar-refractivity contribution >= 4 is 33.2 Å². The number of hydrogen-bond donors (Lipinski definition) is 1. The van der Waals surface area contributed by atoms with E-state index in [0.717, 1.165) is 37.8 Å². The van der Waals surface area contributed by atoms with Crippen molar-refractivity contribution in [3.63, 3.8) is 0 Å². The Morgan fingerprint density at radius 1 is 1.25 bits per heavy atom. The number of carbonyl (C=O) groups excluding carboxylic acids is 2. The minimum atomic E-state index is -0.287. The minimum absolute atomic E-state index is 0.00992. The summed E-state index contributed by atoms with van der Waals surface area (Å²) in [5.41, 5.74) is 1.15. The highest BCUT2D eigenvalue weighted by Gasteiger charge is 2.41. The average Bonchev–Trinajstić information content (AvgIpc) is 3.16. The number of carbonyl (C=O) groups is 2. The summed E-state index contributed by atoms with van der Waals surface area (Å²) in [5, 5.41) is 6.46. The fraction of sp³-hybridized carbons (Fsp3) is 0.474. The molecule has 0 spiro atoms. The van der Waals surface area contributed by atoms with Crippen LogP contribution < -0.4 is 5.32 Å². The lowest BCUT2D eigenvalue weighted by Crippen LogP contribution is -2.47. The van der Waals surface area contributed by atoms with E-state index in [0.29, 0.717) is 0 Å². The summed E-state index contributed by atoms with van der Waals surface area (Å²) in [5.74, 6) is 0.349. The smallest absolute Gasteiger partial charge is 0.243 e. The third-order valence-electron chi connectivity index (χ3n) is 5.10. The first-order valence-corrected chi connectivity index (χ1v) is 9.60. The molecule has 1 saturated carbocycles. The number of fused-ring (bicyclic) bond motifs is 1. The highest BCUT2D eigenvalue weighted by Crippen LogP contribution is 2.34. The third kappa shape index (κ3) is 2.81. The number of amides is 2. The second kappa shape index (κ2) is 6.20. The van der Waals surface area contributed by atoms with Crippen LogP contribution in [0.1, 0.15) is 44.2 Å². The van der Waals surface area contributed by atoms with E-state index >= 15 is 0 Å². The number of rotatable bonds is 4. The van der Waals surface area contributed by atoms with Gasteiger partial charge in [-0.15, -0.1) is 11.3 Å². The van der Waals surface area contributed by atoms with Crippen molar-refractivity contribution in [2.75, 3.05) is 6.54 Å². The second-order valence-electron chi connectivity index (χ2n) is 6.88. The van der Waals surface area contributed by atoms with Gasteiger partial charge in [0.15, 0.2) is 0 Å². The zero-order chi connectivity index (χ0) is 16.7. The Bertz CT molecular complexity index is 781. The van der Waals surface area contributed by atoms with Gasteiger partial charge in [0.1, 0.15) is 6.04 Å². The molecule has 5 heteroatoms. The molecule has 24 heavy (non-hydrogen) atoms. The molecule has 4 nitrogen and oxygen atoms in total. The van der Waals surface area contributed by atoms with Gasteiger partial charge in [0.2, 0.25) is 11.8 Å². The molecule has 1 N–H and O–H groups in total. The average molecular weight is 342 g/mol. The molecular formula is C19H22N2O2S. The van der Waals surface area contributed by atoms with Crippen molar-refractivity contribution in [3.05, 3.63) is 35.2 Å². The lowest BCUT2D eigenvalue weighted by molar-refractivity contribution is -0.139. The van der Waals surface area contributed by atoms with Crippen molar-refractivity contribution in [1.29, 1.82) is 0 Å². The van der Waals surface area contributed by atoms with Crippen LogP contribution >= 0.6 is 11.3 Å².